The molecule has 1 aromatic carbocycles. The molecule has 1 rings (SSSR count). The van der Waals surface area contributed by atoms with Gasteiger partial charge in [-0.3, -0.25) is 4.79 Å². The molecule has 0 fully saturated rings. The summed E-state index contributed by atoms with van der Waals surface area (Å²) in [5.41, 5.74) is -2.67. The van der Waals surface area contributed by atoms with Gasteiger partial charge >= 0.3 is 6.18 Å². The van der Waals surface area contributed by atoms with Gasteiger partial charge in [0, 0.05) is 11.0 Å². The third kappa shape index (κ3) is 3.05. The van der Waals surface area contributed by atoms with Crippen LogP contribution in [0.2, 0.25) is 0 Å². The molecule has 0 spiro atoms. The quantitative estimate of drug-likeness (QED) is 0.540. The Morgan fingerprint density at radius 1 is 1.12 bits per heavy atom. The van der Waals surface area contributed by atoms with Crippen LogP contribution in [0.4, 0.5) is 17.6 Å². The molecule has 0 N–H and O–H groups in total. The number of carbonyl (C=O) groups is 1. The molecule has 0 heterocycles. The van der Waals surface area contributed by atoms with Gasteiger partial charge < -0.3 is 0 Å². The molecule has 0 bridgehead atoms. The Morgan fingerprint density at radius 2 is 1.65 bits per heavy atom. The largest absolute Gasteiger partial charge is 0.417 e. The lowest BCUT2D eigenvalue weighted by molar-refractivity contribution is -0.138. The molecule has 1 nitrogen and oxygen atoms in total. The van der Waals surface area contributed by atoms with Crippen LogP contribution < -0.4 is 0 Å². The van der Waals surface area contributed by atoms with E-state index in [2.05, 4.69) is 0 Å². The topological polar surface area (TPSA) is 17.1 Å². The normalized spacial score (nSPS) is 12.6. The van der Waals surface area contributed by atoms with E-state index < -0.39 is 34.3 Å². The maximum absolute atomic E-state index is 12.8. The van der Waals surface area contributed by atoms with Crippen molar-refractivity contribution in [2.75, 3.05) is 0 Å². The molecule has 0 aromatic heterocycles. The average Bonchev–Trinajstić information content (AvgIpc) is 2.14. The second-order valence-corrected chi connectivity index (χ2v) is 4.77. The number of halogens is 4. The van der Waals surface area contributed by atoms with Crippen molar-refractivity contribution in [3.8, 4) is 0 Å². The number of hydrogen-bond acceptors (Lipinski definition) is 1. The Hall–Kier alpha value is -1.39. The van der Waals surface area contributed by atoms with Crippen molar-refractivity contribution < 1.29 is 22.4 Å². The number of hydrogen-bond donors (Lipinski definition) is 0. The van der Waals surface area contributed by atoms with E-state index in [1.165, 1.54) is 20.8 Å². The zero-order valence-electron chi connectivity index (χ0n) is 9.65. The minimum absolute atomic E-state index is 0.346. The first-order valence-electron chi connectivity index (χ1n) is 4.95. The molecule has 0 aliphatic heterocycles. The first-order valence-corrected chi connectivity index (χ1v) is 4.95. The van der Waals surface area contributed by atoms with Crippen molar-refractivity contribution in [1.29, 1.82) is 0 Å². The van der Waals surface area contributed by atoms with Gasteiger partial charge in [0.05, 0.1) is 5.56 Å². The lowest BCUT2D eigenvalue weighted by Gasteiger charge is -2.20. The number of benzene rings is 1. The molecule has 1 aromatic rings. The molecule has 0 saturated carbocycles. The van der Waals surface area contributed by atoms with Crippen LogP contribution in [-0.2, 0) is 6.18 Å². The monoisotopic (exact) mass is 248 g/mol. The molecule has 0 aliphatic carbocycles. The number of carbonyl (C=O) groups excluding carboxylic acids is 1. The van der Waals surface area contributed by atoms with Crippen LogP contribution in [0.15, 0.2) is 18.2 Å². The zero-order valence-corrected chi connectivity index (χ0v) is 9.65. The molecular weight excluding hydrogens is 236 g/mol. The highest BCUT2D eigenvalue weighted by Crippen LogP contribution is 2.35. The fraction of sp³-hybridized carbons (Fsp3) is 0.417. The van der Waals surface area contributed by atoms with Gasteiger partial charge in [-0.15, -0.1) is 0 Å². The molecular formula is C12H12F4O. The van der Waals surface area contributed by atoms with E-state index in [1.54, 1.807) is 0 Å². The first-order chi connectivity index (χ1) is 7.53. The van der Waals surface area contributed by atoms with Gasteiger partial charge in [0.2, 0.25) is 0 Å². The summed E-state index contributed by atoms with van der Waals surface area (Å²) in [7, 11) is 0. The summed E-state index contributed by atoms with van der Waals surface area (Å²) >= 11 is 0. The minimum atomic E-state index is -4.74. The zero-order chi connectivity index (χ0) is 13.4. The van der Waals surface area contributed by atoms with Crippen LogP contribution in [-0.4, -0.2) is 5.78 Å². The summed E-state index contributed by atoms with van der Waals surface area (Å²) in [5, 5.41) is 0. The van der Waals surface area contributed by atoms with E-state index in [-0.39, 0.29) is 0 Å². The molecule has 0 saturated heterocycles. The Balaban J connectivity index is 3.40. The second-order valence-electron chi connectivity index (χ2n) is 4.77. The van der Waals surface area contributed by atoms with E-state index in [0.29, 0.717) is 6.07 Å². The third-order valence-electron chi connectivity index (χ3n) is 2.21. The summed E-state index contributed by atoms with van der Waals surface area (Å²) < 4.78 is 50.8. The minimum Gasteiger partial charge on any atom is -0.294 e. The number of ketones is 1. The van der Waals surface area contributed by atoms with Crippen molar-refractivity contribution in [3.63, 3.8) is 0 Å². The summed E-state index contributed by atoms with van der Waals surface area (Å²) in [6.45, 7) is 4.54. The molecule has 17 heavy (non-hydrogen) atoms. The summed E-state index contributed by atoms with van der Waals surface area (Å²) in [6, 6.07) is 2.08. The maximum Gasteiger partial charge on any atom is 0.417 e. The van der Waals surface area contributed by atoms with Crippen molar-refractivity contribution in [2.45, 2.75) is 26.9 Å². The highest BCUT2D eigenvalue weighted by Gasteiger charge is 2.37. The standard InChI is InChI=1S/C12H12F4O/c1-11(2,3)10(17)8-5-4-7(13)6-9(8)12(14,15)16/h4-6H,1-3H3. The molecule has 0 amide bonds. The van der Waals surface area contributed by atoms with E-state index in [0.717, 1.165) is 12.1 Å². The Labute approximate surface area is 96.4 Å². The number of alkyl halides is 3. The highest BCUT2D eigenvalue weighted by molar-refractivity contribution is 6.01. The van der Waals surface area contributed by atoms with Crippen LogP contribution in [0.25, 0.3) is 0 Å². The fourth-order valence-corrected chi connectivity index (χ4v) is 1.35. The van der Waals surface area contributed by atoms with Crippen molar-refractivity contribution in [1.82, 2.24) is 0 Å². The van der Waals surface area contributed by atoms with Crippen LogP contribution >= 0.6 is 0 Å². The molecule has 0 unspecified atom stereocenters. The highest BCUT2D eigenvalue weighted by atomic mass is 19.4. The van der Waals surface area contributed by atoms with Gasteiger partial charge in [-0.25, -0.2) is 4.39 Å². The molecule has 0 atom stereocenters. The Kier molecular flexibility index (Phi) is 3.32. The Bertz CT molecular complexity index is 441. The molecule has 5 heteroatoms. The van der Waals surface area contributed by atoms with Crippen LogP contribution in [0.3, 0.4) is 0 Å². The summed E-state index contributed by atoms with van der Waals surface area (Å²) in [4.78, 5) is 11.8. The van der Waals surface area contributed by atoms with Gasteiger partial charge in [-0.2, -0.15) is 13.2 Å². The van der Waals surface area contributed by atoms with Gasteiger partial charge in [-0.05, 0) is 18.2 Å². The first kappa shape index (κ1) is 13.7. The van der Waals surface area contributed by atoms with Crippen LogP contribution in [0, 0.1) is 11.2 Å². The van der Waals surface area contributed by atoms with Crippen LogP contribution in [0.5, 0.6) is 0 Å². The van der Waals surface area contributed by atoms with E-state index in [4.69, 9.17) is 0 Å². The van der Waals surface area contributed by atoms with Gasteiger partial charge in [0.15, 0.2) is 5.78 Å². The lowest BCUT2D eigenvalue weighted by atomic mass is 9.84. The second kappa shape index (κ2) is 4.13. The molecule has 0 radical (unpaired) electrons. The van der Waals surface area contributed by atoms with Crippen LogP contribution in [0.1, 0.15) is 36.7 Å². The van der Waals surface area contributed by atoms with Crippen molar-refractivity contribution in [2.24, 2.45) is 5.41 Å². The maximum atomic E-state index is 12.8. The van der Waals surface area contributed by atoms with Gasteiger partial charge in [0.25, 0.3) is 0 Å². The Morgan fingerprint density at radius 3 is 2.06 bits per heavy atom. The SMILES string of the molecule is CC(C)(C)C(=O)c1ccc(F)cc1C(F)(F)F. The van der Waals surface area contributed by atoms with E-state index in [1.807, 2.05) is 0 Å². The van der Waals surface area contributed by atoms with E-state index in [9.17, 15) is 22.4 Å². The summed E-state index contributed by atoms with van der Waals surface area (Å²) in [6.07, 6.45) is -4.74. The third-order valence-corrected chi connectivity index (χ3v) is 2.21. The number of Topliss-reactive ketones (excluding diaryl/α,β-unsaturated/α-hetero) is 1. The molecule has 0 aliphatic rings. The predicted molar refractivity (Wildman–Crippen MR) is 55.2 cm³/mol. The van der Waals surface area contributed by atoms with Crippen molar-refractivity contribution >= 4 is 5.78 Å². The van der Waals surface area contributed by atoms with E-state index >= 15 is 0 Å². The van der Waals surface area contributed by atoms with Gasteiger partial charge in [-0.1, -0.05) is 20.8 Å². The number of rotatable bonds is 1. The summed E-state index contributed by atoms with van der Waals surface area (Å²) in [5.74, 6) is -1.67. The fourth-order valence-electron chi connectivity index (χ4n) is 1.35. The molecule has 94 valence electrons. The average molecular weight is 248 g/mol. The van der Waals surface area contributed by atoms with Gasteiger partial charge in [0.1, 0.15) is 5.82 Å². The smallest absolute Gasteiger partial charge is 0.294 e. The van der Waals surface area contributed by atoms with Crippen molar-refractivity contribution in [3.05, 3.63) is 35.1 Å². The predicted octanol–water partition coefficient (Wildman–Crippen LogP) is 4.07. The lowest BCUT2D eigenvalue weighted by Crippen LogP contribution is -2.24.